The van der Waals surface area contributed by atoms with Crippen molar-refractivity contribution in [3.05, 3.63) is 23.8 Å². The van der Waals surface area contributed by atoms with Crippen LogP contribution in [0.4, 0.5) is 0 Å². The highest BCUT2D eigenvalue weighted by atomic mass is 16.5. The van der Waals surface area contributed by atoms with Crippen LogP contribution in [-0.2, 0) is 4.74 Å². The van der Waals surface area contributed by atoms with Gasteiger partial charge in [-0.1, -0.05) is 0 Å². The number of ether oxygens (including phenoxy) is 1. The minimum absolute atomic E-state index is 0.0405. The minimum atomic E-state index is 0.0405. The van der Waals surface area contributed by atoms with Gasteiger partial charge in [-0.3, -0.25) is 5.84 Å². The first kappa shape index (κ1) is 12.4. The molecule has 0 saturated carbocycles. The Balaban J connectivity index is 1.97. The topological polar surface area (TPSA) is 73.1 Å². The van der Waals surface area contributed by atoms with Gasteiger partial charge >= 0.3 is 0 Å². The lowest BCUT2D eigenvalue weighted by atomic mass is 9.92. The molecule has 1 aliphatic heterocycles. The Morgan fingerprint density at radius 1 is 1.41 bits per heavy atom. The molecule has 94 valence electrons. The van der Waals surface area contributed by atoms with Gasteiger partial charge < -0.3 is 4.74 Å². The molecule has 1 aromatic rings. The van der Waals surface area contributed by atoms with Crippen molar-refractivity contribution in [1.29, 1.82) is 0 Å². The highest BCUT2D eigenvalue weighted by molar-refractivity contribution is 5.04. The van der Waals surface area contributed by atoms with Gasteiger partial charge in [0.15, 0.2) is 0 Å². The summed E-state index contributed by atoms with van der Waals surface area (Å²) < 4.78 is 5.35. The second-order valence-corrected chi connectivity index (χ2v) is 4.63. The molecule has 17 heavy (non-hydrogen) atoms. The summed E-state index contributed by atoms with van der Waals surface area (Å²) in [5, 5.41) is 0. The Bertz CT molecular complexity index is 335. The predicted molar refractivity (Wildman–Crippen MR) is 65.0 cm³/mol. The average Bonchev–Trinajstić information content (AvgIpc) is 2.38. The summed E-state index contributed by atoms with van der Waals surface area (Å²) in [6.45, 7) is 3.70. The van der Waals surface area contributed by atoms with E-state index >= 15 is 0 Å². The molecule has 0 aromatic carbocycles. The van der Waals surface area contributed by atoms with E-state index in [2.05, 4.69) is 15.4 Å². The fraction of sp³-hybridized carbons (Fsp3) is 0.667. The van der Waals surface area contributed by atoms with Gasteiger partial charge in [0.1, 0.15) is 5.82 Å². The molecule has 0 amide bonds. The molecule has 1 aromatic heterocycles. The summed E-state index contributed by atoms with van der Waals surface area (Å²) in [6.07, 6.45) is 6.84. The van der Waals surface area contributed by atoms with E-state index in [0.29, 0.717) is 5.92 Å². The van der Waals surface area contributed by atoms with Crippen LogP contribution in [0.15, 0.2) is 12.4 Å². The van der Waals surface area contributed by atoms with Crippen molar-refractivity contribution in [3.8, 4) is 0 Å². The molecule has 0 bridgehead atoms. The summed E-state index contributed by atoms with van der Waals surface area (Å²) in [4.78, 5) is 8.66. The van der Waals surface area contributed by atoms with Gasteiger partial charge in [-0.2, -0.15) is 0 Å². The van der Waals surface area contributed by atoms with Crippen LogP contribution in [0.5, 0.6) is 0 Å². The van der Waals surface area contributed by atoms with Crippen LogP contribution in [0.1, 0.15) is 36.7 Å². The number of aromatic nitrogens is 2. The van der Waals surface area contributed by atoms with Gasteiger partial charge in [-0.25, -0.2) is 15.4 Å². The molecular weight excluding hydrogens is 216 g/mol. The Hall–Kier alpha value is -1.04. The molecule has 5 heteroatoms. The van der Waals surface area contributed by atoms with E-state index in [0.717, 1.165) is 43.9 Å². The first-order valence-corrected chi connectivity index (χ1v) is 6.12. The van der Waals surface area contributed by atoms with Crippen LogP contribution < -0.4 is 11.3 Å². The lowest BCUT2D eigenvalue weighted by Crippen LogP contribution is -2.32. The van der Waals surface area contributed by atoms with Gasteiger partial charge in [0.25, 0.3) is 0 Å². The third-order valence-electron chi connectivity index (χ3n) is 3.22. The maximum absolute atomic E-state index is 5.60. The summed E-state index contributed by atoms with van der Waals surface area (Å²) in [6, 6.07) is 0.0405. The number of nitrogens with zero attached hydrogens (tertiary/aromatic N) is 2. The molecule has 1 aliphatic rings. The van der Waals surface area contributed by atoms with Crippen molar-refractivity contribution < 1.29 is 4.74 Å². The van der Waals surface area contributed by atoms with Crippen LogP contribution in [0, 0.1) is 12.8 Å². The molecule has 1 saturated heterocycles. The van der Waals surface area contributed by atoms with Crippen LogP contribution in [0.2, 0.25) is 0 Å². The standard InChI is InChI=1S/C12H20N4O/c1-9-7-14-12(15-8-9)11(16-13)6-10-2-4-17-5-3-10/h7-8,10-11,16H,2-6,13H2,1H3. The number of rotatable bonds is 4. The highest BCUT2D eigenvalue weighted by Crippen LogP contribution is 2.25. The summed E-state index contributed by atoms with van der Waals surface area (Å²) in [5.41, 5.74) is 3.88. The quantitative estimate of drug-likeness (QED) is 0.605. The number of nitrogens with one attached hydrogen (secondary N) is 1. The molecule has 2 heterocycles. The van der Waals surface area contributed by atoms with Gasteiger partial charge in [-0.05, 0) is 37.7 Å². The van der Waals surface area contributed by atoms with E-state index < -0.39 is 0 Å². The fourth-order valence-electron chi connectivity index (χ4n) is 2.15. The zero-order valence-electron chi connectivity index (χ0n) is 10.2. The second-order valence-electron chi connectivity index (χ2n) is 4.63. The Morgan fingerprint density at radius 3 is 2.65 bits per heavy atom. The van der Waals surface area contributed by atoms with Crippen molar-refractivity contribution in [1.82, 2.24) is 15.4 Å². The monoisotopic (exact) mass is 236 g/mol. The largest absolute Gasteiger partial charge is 0.381 e. The fourth-order valence-corrected chi connectivity index (χ4v) is 2.15. The first-order valence-electron chi connectivity index (χ1n) is 6.12. The lowest BCUT2D eigenvalue weighted by molar-refractivity contribution is 0.0602. The molecule has 2 rings (SSSR count). The molecule has 3 N–H and O–H groups in total. The van der Waals surface area contributed by atoms with Crippen LogP contribution in [-0.4, -0.2) is 23.2 Å². The van der Waals surface area contributed by atoms with Gasteiger partial charge in [-0.15, -0.1) is 0 Å². The number of hydrogen-bond acceptors (Lipinski definition) is 5. The van der Waals surface area contributed by atoms with Crippen molar-refractivity contribution in [2.24, 2.45) is 11.8 Å². The van der Waals surface area contributed by atoms with E-state index in [4.69, 9.17) is 10.6 Å². The molecule has 1 fully saturated rings. The molecular formula is C12H20N4O. The van der Waals surface area contributed by atoms with Crippen LogP contribution in [0.25, 0.3) is 0 Å². The molecule has 0 aliphatic carbocycles. The number of aryl methyl sites for hydroxylation is 1. The van der Waals surface area contributed by atoms with Crippen molar-refractivity contribution in [2.75, 3.05) is 13.2 Å². The Morgan fingerprint density at radius 2 is 2.06 bits per heavy atom. The van der Waals surface area contributed by atoms with Crippen LogP contribution in [0.3, 0.4) is 0 Å². The predicted octanol–water partition coefficient (Wildman–Crippen LogP) is 1.11. The van der Waals surface area contributed by atoms with Gasteiger partial charge in [0, 0.05) is 25.6 Å². The molecule has 1 unspecified atom stereocenters. The van der Waals surface area contributed by atoms with E-state index in [1.165, 1.54) is 0 Å². The maximum Gasteiger partial charge on any atom is 0.146 e. The maximum atomic E-state index is 5.60. The zero-order chi connectivity index (χ0) is 12.1. The molecule has 0 spiro atoms. The Labute approximate surface area is 102 Å². The third kappa shape index (κ3) is 3.46. The lowest BCUT2D eigenvalue weighted by Gasteiger charge is -2.25. The van der Waals surface area contributed by atoms with E-state index in [1.54, 1.807) is 0 Å². The second kappa shape index (κ2) is 6.05. The van der Waals surface area contributed by atoms with Gasteiger partial charge in [0.05, 0.1) is 6.04 Å². The van der Waals surface area contributed by atoms with Crippen molar-refractivity contribution >= 4 is 0 Å². The molecule has 1 atom stereocenters. The highest BCUT2D eigenvalue weighted by Gasteiger charge is 2.21. The van der Waals surface area contributed by atoms with E-state index in [9.17, 15) is 0 Å². The minimum Gasteiger partial charge on any atom is -0.381 e. The third-order valence-corrected chi connectivity index (χ3v) is 3.22. The van der Waals surface area contributed by atoms with Crippen molar-refractivity contribution in [2.45, 2.75) is 32.2 Å². The average molecular weight is 236 g/mol. The van der Waals surface area contributed by atoms with E-state index in [1.807, 2.05) is 19.3 Å². The van der Waals surface area contributed by atoms with Crippen LogP contribution >= 0.6 is 0 Å². The number of hydrazine groups is 1. The van der Waals surface area contributed by atoms with Crippen molar-refractivity contribution in [3.63, 3.8) is 0 Å². The molecule has 0 radical (unpaired) electrons. The SMILES string of the molecule is Cc1cnc(C(CC2CCOCC2)NN)nc1. The normalized spacial score (nSPS) is 19.2. The van der Waals surface area contributed by atoms with E-state index in [-0.39, 0.29) is 6.04 Å². The summed E-state index contributed by atoms with van der Waals surface area (Å²) in [5.74, 6) is 7.03. The number of hydrogen-bond donors (Lipinski definition) is 2. The first-order chi connectivity index (χ1) is 8.29. The number of nitrogens with two attached hydrogens (primary N) is 1. The molecule has 5 nitrogen and oxygen atoms in total. The summed E-state index contributed by atoms with van der Waals surface area (Å²) >= 11 is 0. The smallest absolute Gasteiger partial charge is 0.146 e. The van der Waals surface area contributed by atoms with Gasteiger partial charge in [0.2, 0.25) is 0 Å². The zero-order valence-corrected chi connectivity index (χ0v) is 10.2. The summed E-state index contributed by atoms with van der Waals surface area (Å²) in [7, 11) is 0. The Kier molecular flexibility index (Phi) is 4.42.